The smallest absolute Gasteiger partial charge is 0.303 e. The minimum atomic E-state index is -1.08. The van der Waals surface area contributed by atoms with E-state index in [0.29, 0.717) is 18.1 Å². The first-order valence-corrected chi connectivity index (χ1v) is 7.72. The highest BCUT2D eigenvalue weighted by molar-refractivity contribution is 7.85. The zero-order valence-electron chi connectivity index (χ0n) is 10.6. The molecule has 0 amide bonds. The highest BCUT2D eigenvalue weighted by Gasteiger charge is 2.45. The van der Waals surface area contributed by atoms with Gasteiger partial charge in [0.1, 0.15) is 0 Å². The second-order valence-corrected chi connectivity index (χ2v) is 6.67. The maximum Gasteiger partial charge on any atom is 0.303 e. The Kier molecular flexibility index (Phi) is 4.19. The number of nitrogens with zero attached hydrogens (tertiary/aromatic N) is 1. The Morgan fingerprint density at radius 3 is 2.74 bits per heavy atom. The van der Waals surface area contributed by atoms with E-state index in [1.54, 1.807) is 18.3 Å². The quantitative estimate of drug-likeness (QED) is 0.805. The van der Waals surface area contributed by atoms with Crippen LogP contribution in [-0.4, -0.2) is 31.4 Å². The number of carboxylic acids is 1. The Morgan fingerprint density at radius 1 is 1.42 bits per heavy atom. The van der Waals surface area contributed by atoms with E-state index < -0.39 is 16.8 Å². The lowest BCUT2D eigenvalue weighted by Gasteiger charge is -2.12. The number of aryl methyl sites for hydroxylation is 1. The summed E-state index contributed by atoms with van der Waals surface area (Å²) in [6.45, 7) is 0.412. The van der Waals surface area contributed by atoms with Crippen LogP contribution in [-0.2, 0) is 22.1 Å². The van der Waals surface area contributed by atoms with Crippen LogP contribution in [0.5, 0.6) is 0 Å². The maximum atomic E-state index is 12.0. The number of carboxylic acid groups (broad SMARTS) is 1. The molecule has 1 saturated carbocycles. The van der Waals surface area contributed by atoms with E-state index in [2.05, 4.69) is 0 Å². The summed E-state index contributed by atoms with van der Waals surface area (Å²) in [4.78, 5) is 22.2. The summed E-state index contributed by atoms with van der Waals surface area (Å²) in [5, 5.41) is 8.80. The van der Waals surface area contributed by atoms with Crippen LogP contribution in [0.2, 0.25) is 0 Å². The predicted octanol–water partition coefficient (Wildman–Crippen LogP) is 0.852. The van der Waals surface area contributed by atoms with Crippen LogP contribution in [0.4, 0.5) is 0 Å². The average Bonchev–Trinajstić information content (AvgIpc) is 3.06. The van der Waals surface area contributed by atoms with Gasteiger partial charge in [0.15, 0.2) is 0 Å². The molecule has 1 aliphatic carbocycles. The third-order valence-corrected chi connectivity index (χ3v) is 4.98. The van der Waals surface area contributed by atoms with Crippen LogP contribution in [0.15, 0.2) is 29.2 Å². The summed E-state index contributed by atoms with van der Waals surface area (Å²) in [7, 11) is -1.08. The van der Waals surface area contributed by atoms with Gasteiger partial charge >= 0.3 is 5.97 Å². The van der Waals surface area contributed by atoms with Crippen LogP contribution in [0.3, 0.4) is 0 Å². The zero-order chi connectivity index (χ0) is 13.9. The monoisotopic (exact) mass is 283 g/mol. The van der Waals surface area contributed by atoms with Crippen LogP contribution in [0.1, 0.15) is 19.3 Å². The van der Waals surface area contributed by atoms with Gasteiger partial charge in [-0.1, -0.05) is 6.07 Å². The number of hydrogen-bond donors (Lipinski definition) is 1. The van der Waals surface area contributed by atoms with E-state index in [0.717, 1.165) is 12.8 Å². The van der Waals surface area contributed by atoms with Gasteiger partial charge in [-0.05, 0) is 24.3 Å². The number of hydrogen-bond acceptors (Lipinski definition) is 3. The summed E-state index contributed by atoms with van der Waals surface area (Å²) >= 11 is 0. The SMILES string of the molecule is O=C(O)CC1(CS(=O)CCn2ccccc2=O)CC1. The van der Waals surface area contributed by atoms with Crippen molar-refractivity contribution in [3.05, 3.63) is 34.7 Å². The fraction of sp³-hybridized carbons (Fsp3) is 0.538. The second kappa shape index (κ2) is 5.69. The highest BCUT2D eigenvalue weighted by Crippen LogP contribution is 2.49. The molecule has 6 heteroatoms. The standard InChI is InChI=1S/C13H17NO4S/c15-11-3-1-2-6-14(11)7-8-19(18)10-13(4-5-13)9-12(16)17/h1-3,6H,4-5,7-10H2,(H,16,17). The summed E-state index contributed by atoms with van der Waals surface area (Å²) in [5.41, 5.74) is -0.357. The van der Waals surface area contributed by atoms with Crippen molar-refractivity contribution in [2.24, 2.45) is 5.41 Å². The van der Waals surface area contributed by atoms with Gasteiger partial charge in [0.2, 0.25) is 0 Å². The van der Waals surface area contributed by atoms with Crippen LogP contribution in [0.25, 0.3) is 0 Å². The van der Waals surface area contributed by atoms with Crippen molar-refractivity contribution in [1.29, 1.82) is 0 Å². The van der Waals surface area contributed by atoms with Gasteiger partial charge in [0, 0.05) is 41.1 Å². The molecule has 0 radical (unpaired) electrons. The second-order valence-electron chi connectivity index (χ2n) is 5.09. The molecule has 5 nitrogen and oxygen atoms in total. The van der Waals surface area contributed by atoms with Crippen molar-refractivity contribution < 1.29 is 14.1 Å². The molecular formula is C13H17NO4S. The lowest BCUT2D eigenvalue weighted by Crippen LogP contribution is -2.24. The summed E-state index contributed by atoms with van der Waals surface area (Å²) < 4.78 is 13.5. The summed E-state index contributed by atoms with van der Waals surface area (Å²) in [5.74, 6) is 0.000364. The van der Waals surface area contributed by atoms with Crippen LogP contribution >= 0.6 is 0 Å². The van der Waals surface area contributed by atoms with Crippen molar-refractivity contribution >= 4 is 16.8 Å². The van der Waals surface area contributed by atoms with Crippen LogP contribution < -0.4 is 5.56 Å². The molecule has 2 rings (SSSR count). The number of rotatable bonds is 7. The molecule has 1 atom stereocenters. The molecule has 1 aromatic heterocycles. The molecule has 1 fully saturated rings. The van der Waals surface area contributed by atoms with Crippen molar-refractivity contribution in [3.63, 3.8) is 0 Å². The molecule has 0 bridgehead atoms. The van der Waals surface area contributed by atoms with Crippen molar-refractivity contribution in [3.8, 4) is 0 Å². The Labute approximate surface area is 113 Å². The average molecular weight is 283 g/mol. The number of aliphatic carboxylic acids is 1. The van der Waals surface area contributed by atoms with E-state index in [1.165, 1.54) is 10.6 Å². The lowest BCUT2D eigenvalue weighted by molar-refractivity contribution is -0.138. The van der Waals surface area contributed by atoms with E-state index >= 15 is 0 Å². The number of aromatic nitrogens is 1. The molecule has 1 heterocycles. The molecule has 1 aromatic rings. The normalized spacial score (nSPS) is 17.9. The molecule has 0 spiro atoms. The van der Waals surface area contributed by atoms with Gasteiger partial charge in [-0.3, -0.25) is 13.8 Å². The molecule has 1 aliphatic rings. The van der Waals surface area contributed by atoms with Crippen LogP contribution in [0, 0.1) is 5.41 Å². The fourth-order valence-corrected chi connectivity index (χ4v) is 3.75. The van der Waals surface area contributed by atoms with Gasteiger partial charge < -0.3 is 9.67 Å². The fourth-order valence-electron chi connectivity index (χ4n) is 2.13. The third-order valence-electron chi connectivity index (χ3n) is 3.41. The summed E-state index contributed by atoms with van der Waals surface area (Å²) in [6, 6.07) is 4.90. The molecule has 1 unspecified atom stereocenters. The molecule has 0 saturated heterocycles. The van der Waals surface area contributed by atoms with E-state index in [-0.39, 0.29) is 17.4 Å². The van der Waals surface area contributed by atoms with Crippen molar-refractivity contribution in [2.45, 2.75) is 25.8 Å². The molecule has 0 aliphatic heterocycles. The van der Waals surface area contributed by atoms with E-state index in [4.69, 9.17) is 5.11 Å². The minimum absolute atomic E-state index is 0.101. The van der Waals surface area contributed by atoms with Crippen molar-refractivity contribution in [2.75, 3.05) is 11.5 Å². The Balaban J connectivity index is 1.84. The van der Waals surface area contributed by atoms with Gasteiger partial charge in [0.05, 0.1) is 6.42 Å². The van der Waals surface area contributed by atoms with Crippen molar-refractivity contribution in [1.82, 2.24) is 4.57 Å². The lowest BCUT2D eigenvalue weighted by atomic mass is 10.1. The molecule has 19 heavy (non-hydrogen) atoms. The molecule has 104 valence electrons. The molecule has 1 N–H and O–H groups in total. The first-order chi connectivity index (χ1) is 9.01. The van der Waals surface area contributed by atoms with E-state index in [1.807, 2.05) is 0 Å². The summed E-state index contributed by atoms with van der Waals surface area (Å²) in [6.07, 6.45) is 3.46. The molecular weight excluding hydrogens is 266 g/mol. The predicted molar refractivity (Wildman–Crippen MR) is 72.5 cm³/mol. The minimum Gasteiger partial charge on any atom is -0.481 e. The topological polar surface area (TPSA) is 76.4 Å². The zero-order valence-corrected chi connectivity index (χ0v) is 11.4. The Bertz CT molecular complexity index is 548. The molecule has 0 aromatic carbocycles. The number of carbonyl (C=O) groups is 1. The maximum absolute atomic E-state index is 12.0. The van der Waals surface area contributed by atoms with Gasteiger partial charge in [-0.15, -0.1) is 0 Å². The largest absolute Gasteiger partial charge is 0.481 e. The third kappa shape index (κ3) is 4.02. The van der Waals surface area contributed by atoms with Gasteiger partial charge in [0.25, 0.3) is 5.56 Å². The number of pyridine rings is 1. The van der Waals surface area contributed by atoms with Gasteiger partial charge in [-0.2, -0.15) is 0 Å². The van der Waals surface area contributed by atoms with Gasteiger partial charge in [-0.25, -0.2) is 0 Å². The first kappa shape index (κ1) is 14.0. The first-order valence-electron chi connectivity index (χ1n) is 6.23. The Hall–Kier alpha value is -1.43. The Morgan fingerprint density at radius 2 is 2.16 bits per heavy atom. The highest BCUT2D eigenvalue weighted by atomic mass is 32.2. The van der Waals surface area contributed by atoms with E-state index in [9.17, 15) is 13.8 Å².